The number of rotatable bonds is 9. The number of hydrogen-bond donors (Lipinski definition) is 0. The quantitative estimate of drug-likeness (QED) is 0.0461. The van der Waals surface area contributed by atoms with Crippen LogP contribution in [0.15, 0.2) is 132 Å². The van der Waals surface area contributed by atoms with Crippen molar-refractivity contribution in [2.45, 2.75) is 20.1 Å². The maximum Gasteiger partial charge on any atom is 0.419 e. The molecule has 5 heterocycles. The third-order valence-electron chi connectivity index (χ3n) is 10.7. The van der Waals surface area contributed by atoms with E-state index in [0.717, 1.165) is 16.7 Å². The number of nitrogens with zero attached hydrogens (tertiary/aromatic N) is 2. The molecule has 0 fully saturated rings. The summed E-state index contributed by atoms with van der Waals surface area (Å²) in [5.74, 6) is -1.16. The van der Waals surface area contributed by atoms with E-state index in [1.807, 2.05) is 66.7 Å². The van der Waals surface area contributed by atoms with E-state index in [1.165, 1.54) is 49.2 Å². The molecule has 0 unspecified atom stereocenters. The standard InChI is InChI=1S/C49H30N2O8S3/c1-27-12-8-9-17-33(27)41(53)30(24-52)20-31-22-37-44(60-31)46-39(50(37)48(56)58-25-28-13-4-2-5-14-28)40-47(62-46)45-38(51(40)49(57)59-26-29-15-6-3-7-16-29)23-32(61-45)21-36-42(54)34-18-10-11-19-35(34)43(36)55/h2-24H,25-26H2,1H3/b30-20-. The third-order valence-corrected chi connectivity index (χ3v) is 14.3. The second-order valence-electron chi connectivity index (χ2n) is 14.6. The van der Waals surface area contributed by atoms with Crippen LogP contribution in [0.2, 0.25) is 0 Å². The Kier molecular flexibility index (Phi) is 9.78. The summed E-state index contributed by atoms with van der Waals surface area (Å²) in [6.45, 7) is 1.75. The normalized spacial score (nSPS) is 12.8. The highest BCUT2D eigenvalue weighted by atomic mass is 32.1. The fourth-order valence-electron chi connectivity index (χ4n) is 7.76. The van der Waals surface area contributed by atoms with Crippen molar-refractivity contribution in [3.63, 3.8) is 0 Å². The second kappa shape index (κ2) is 15.6. The molecule has 10 nitrogen and oxygen atoms in total. The van der Waals surface area contributed by atoms with Gasteiger partial charge in [-0.2, -0.15) is 0 Å². The lowest BCUT2D eigenvalue weighted by molar-refractivity contribution is -0.104. The summed E-state index contributed by atoms with van der Waals surface area (Å²) in [5.41, 5.74) is 5.13. The molecule has 1 aliphatic rings. The number of ether oxygens (including phenoxy) is 2. The van der Waals surface area contributed by atoms with Crippen molar-refractivity contribution in [3.8, 4) is 0 Å². The molecule has 0 spiro atoms. The molecule has 0 N–H and O–H groups in total. The molecule has 0 atom stereocenters. The summed E-state index contributed by atoms with van der Waals surface area (Å²) in [4.78, 5) is 82.8. The topological polar surface area (TPSA) is 131 Å². The first-order chi connectivity index (χ1) is 30.2. The fourth-order valence-corrected chi connectivity index (χ4v) is 11.5. The van der Waals surface area contributed by atoms with Crippen molar-refractivity contribution in [1.82, 2.24) is 9.13 Å². The lowest BCUT2D eigenvalue weighted by Crippen LogP contribution is -2.16. The number of thiophene rings is 3. The molecule has 302 valence electrons. The van der Waals surface area contributed by atoms with Gasteiger partial charge >= 0.3 is 12.2 Å². The van der Waals surface area contributed by atoms with Crippen molar-refractivity contribution in [1.29, 1.82) is 0 Å². The number of carbonyl (C=O) groups is 6. The zero-order valence-electron chi connectivity index (χ0n) is 32.6. The monoisotopic (exact) mass is 870 g/mol. The van der Waals surface area contributed by atoms with E-state index in [1.54, 1.807) is 67.6 Å². The predicted octanol–water partition coefficient (Wildman–Crippen LogP) is 11.7. The number of allylic oxidation sites excluding steroid dienone is 2. The molecule has 0 radical (unpaired) electrons. The Labute approximate surface area is 364 Å². The largest absolute Gasteiger partial charge is 0.444 e. The molecular formula is C49H30N2O8S3. The zero-order valence-corrected chi connectivity index (χ0v) is 35.0. The van der Waals surface area contributed by atoms with Gasteiger partial charge in [-0.3, -0.25) is 19.2 Å². The second-order valence-corrected chi connectivity index (χ2v) is 17.7. The van der Waals surface area contributed by atoms with Crippen LogP contribution < -0.4 is 0 Å². The van der Waals surface area contributed by atoms with Gasteiger partial charge < -0.3 is 9.47 Å². The van der Waals surface area contributed by atoms with E-state index >= 15 is 0 Å². The highest BCUT2D eigenvalue weighted by molar-refractivity contribution is 7.34. The highest BCUT2D eigenvalue weighted by Crippen LogP contribution is 2.50. The smallest absolute Gasteiger partial charge is 0.419 e. The number of aromatic nitrogens is 2. The van der Waals surface area contributed by atoms with Crippen molar-refractivity contribution in [2.75, 3.05) is 0 Å². The lowest BCUT2D eigenvalue weighted by atomic mass is 9.99. The van der Waals surface area contributed by atoms with Gasteiger partial charge in [0.25, 0.3) is 0 Å². The molecule has 4 aromatic carbocycles. The third kappa shape index (κ3) is 6.54. The van der Waals surface area contributed by atoms with Gasteiger partial charge in [-0.05, 0) is 47.9 Å². The average molecular weight is 871 g/mol. The van der Waals surface area contributed by atoms with E-state index in [0.29, 0.717) is 73.6 Å². The highest BCUT2D eigenvalue weighted by Gasteiger charge is 2.34. The van der Waals surface area contributed by atoms with Gasteiger partial charge in [0.2, 0.25) is 0 Å². The van der Waals surface area contributed by atoms with Gasteiger partial charge in [0.15, 0.2) is 23.6 Å². The maximum absolute atomic E-state index is 14.4. The number of fused-ring (bicyclic) bond motifs is 8. The first kappa shape index (κ1) is 38.9. The van der Waals surface area contributed by atoms with Crippen molar-refractivity contribution < 1.29 is 38.2 Å². The Hall–Kier alpha value is -7.32. The molecule has 1 aliphatic carbocycles. The number of aldehydes is 1. The molecule has 0 amide bonds. The summed E-state index contributed by atoms with van der Waals surface area (Å²) < 4.78 is 17.5. The zero-order chi connectivity index (χ0) is 42.6. The summed E-state index contributed by atoms with van der Waals surface area (Å²) in [6, 6.07) is 35.7. The van der Waals surface area contributed by atoms with Crippen LogP contribution >= 0.6 is 34.0 Å². The predicted molar refractivity (Wildman–Crippen MR) is 243 cm³/mol. The molecule has 62 heavy (non-hydrogen) atoms. The molecule has 0 saturated carbocycles. The Morgan fingerprint density at radius 2 is 1.08 bits per heavy atom. The number of benzene rings is 4. The summed E-state index contributed by atoms with van der Waals surface area (Å²) >= 11 is 3.97. The number of Topliss-reactive ketones (excluding diaryl/α,β-unsaturated/α-hetero) is 3. The Morgan fingerprint density at radius 3 is 1.61 bits per heavy atom. The minimum absolute atomic E-state index is 0.0262. The molecule has 0 aliphatic heterocycles. The molecule has 0 saturated heterocycles. The SMILES string of the molecule is Cc1ccccc1C(=O)/C(C=O)=C\c1cc2c(s1)c1sc3c4sc(C=C5C(=O)c6ccccc6C5=O)cc4n(C(=O)OCc4ccccc4)c3c1n2C(=O)OCc1ccccc1. The lowest BCUT2D eigenvalue weighted by Gasteiger charge is -2.10. The van der Waals surface area contributed by atoms with E-state index in [9.17, 15) is 28.8 Å². The first-order valence-electron chi connectivity index (χ1n) is 19.3. The molecule has 0 bridgehead atoms. The van der Waals surface area contributed by atoms with Crippen LogP contribution in [0, 0.1) is 6.92 Å². The van der Waals surface area contributed by atoms with Crippen LogP contribution in [0.4, 0.5) is 9.59 Å². The Balaban J connectivity index is 1.16. The van der Waals surface area contributed by atoms with Gasteiger partial charge in [0.1, 0.15) is 13.2 Å². The van der Waals surface area contributed by atoms with Gasteiger partial charge in [-0.25, -0.2) is 18.7 Å². The first-order valence-corrected chi connectivity index (χ1v) is 21.8. The minimum Gasteiger partial charge on any atom is -0.444 e. The van der Waals surface area contributed by atoms with E-state index in [2.05, 4.69) is 0 Å². The van der Waals surface area contributed by atoms with Gasteiger partial charge in [-0.1, -0.05) is 109 Å². The number of ketones is 3. The van der Waals surface area contributed by atoms with Gasteiger partial charge in [0, 0.05) is 26.4 Å². The maximum atomic E-state index is 14.4. The fraction of sp³-hybridized carbons (Fsp3) is 0.0612. The van der Waals surface area contributed by atoms with Crippen molar-refractivity contribution in [2.24, 2.45) is 0 Å². The summed E-state index contributed by atoms with van der Waals surface area (Å²) in [6.07, 6.45) is 2.22. The minimum atomic E-state index is -0.703. The van der Waals surface area contributed by atoms with Crippen LogP contribution in [0.5, 0.6) is 0 Å². The molecule has 5 aromatic heterocycles. The average Bonchev–Trinajstić information content (AvgIpc) is 4.13. The van der Waals surface area contributed by atoms with Crippen LogP contribution in [-0.2, 0) is 27.5 Å². The molecule has 9 aromatic rings. The Morgan fingerprint density at radius 1 is 0.597 bits per heavy atom. The van der Waals surface area contributed by atoms with Crippen molar-refractivity contribution >= 4 is 123 Å². The van der Waals surface area contributed by atoms with E-state index in [-0.39, 0.29) is 35.9 Å². The van der Waals surface area contributed by atoms with Gasteiger partial charge in [0.05, 0.1) is 52.0 Å². The van der Waals surface area contributed by atoms with Crippen molar-refractivity contribution in [3.05, 3.63) is 176 Å². The summed E-state index contributed by atoms with van der Waals surface area (Å²) in [5, 5.41) is 0. The number of aryl methyl sites for hydroxylation is 1. The van der Waals surface area contributed by atoms with E-state index < -0.39 is 18.0 Å². The van der Waals surface area contributed by atoms with Crippen LogP contribution in [0.3, 0.4) is 0 Å². The molecule has 13 heteroatoms. The Bertz CT molecular complexity index is 3390. The van der Waals surface area contributed by atoms with Crippen LogP contribution in [0.1, 0.15) is 57.5 Å². The number of hydrogen-bond acceptors (Lipinski definition) is 11. The number of carbonyl (C=O) groups excluding carboxylic acids is 6. The van der Waals surface area contributed by atoms with Crippen LogP contribution in [-0.4, -0.2) is 45.0 Å². The van der Waals surface area contributed by atoms with E-state index in [4.69, 9.17) is 9.47 Å². The molecule has 10 rings (SSSR count). The molecular weight excluding hydrogens is 841 g/mol. The summed E-state index contributed by atoms with van der Waals surface area (Å²) in [7, 11) is 0. The van der Waals surface area contributed by atoms with Gasteiger partial charge in [-0.15, -0.1) is 34.0 Å². The van der Waals surface area contributed by atoms with Crippen LogP contribution in [0.25, 0.3) is 53.0 Å².